The Labute approximate surface area is 170 Å². The lowest BCUT2D eigenvalue weighted by molar-refractivity contribution is -0.118. The van der Waals surface area contributed by atoms with Crippen molar-refractivity contribution >= 4 is 22.4 Å². The van der Waals surface area contributed by atoms with Gasteiger partial charge < -0.3 is 11.1 Å². The van der Waals surface area contributed by atoms with Crippen molar-refractivity contribution in [3.05, 3.63) is 65.7 Å². The van der Waals surface area contributed by atoms with E-state index in [1.807, 2.05) is 54.6 Å². The van der Waals surface area contributed by atoms with Crippen molar-refractivity contribution in [2.75, 3.05) is 11.9 Å². The molecule has 5 heteroatoms. The summed E-state index contributed by atoms with van der Waals surface area (Å²) in [5.74, 6) is 1.04. The van der Waals surface area contributed by atoms with Crippen molar-refractivity contribution in [1.82, 2.24) is 0 Å². The number of amides is 1. The molecule has 2 aromatic rings. The monoisotopic (exact) mass is 398 g/mol. The largest absolute Gasteiger partial charge is 0.330 e. The molecular weight excluding hydrogens is 368 g/mol. The van der Waals surface area contributed by atoms with Crippen LogP contribution >= 0.6 is 0 Å². The van der Waals surface area contributed by atoms with E-state index in [0.29, 0.717) is 24.5 Å². The van der Waals surface area contributed by atoms with Gasteiger partial charge in [-0.05, 0) is 48.1 Å². The highest BCUT2D eigenvalue weighted by Gasteiger charge is 2.32. The van der Waals surface area contributed by atoms with Crippen LogP contribution in [0.5, 0.6) is 0 Å². The third kappa shape index (κ3) is 6.01. The molecule has 0 spiro atoms. The summed E-state index contributed by atoms with van der Waals surface area (Å²) in [6, 6.07) is 17.5. The Morgan fingerprint density at radius 2 is 1.64 bits per heavy atom. The zero-order valence-electron chi connectivity index (χ0n) is 16.4. The molecule has 0 saturated heterocycles. The van der Waals surface area contributed by atoms with Crippen LogP contribution in [0.25, 0.3) is 0 Å². The van der Waals surface area contributed by atoms with Gasteiger partial charge in [-0.3, -0.25) is 9.00 Å². The molecule has 0 aromatic heterocycles. The summed E-state index contributed by atoms with van der Waals surface area (Å²) in [4.78, 5) is 12.6. The van der Waals surface area contributed by atoms with Gasteiger partial charge >= 0.3 is 0 Å². The average Bonchev–Trinajstić information content (AvgIpc) is 2.69. The van der Waals surface area contributed by atoms with Gasteiger partial charge in [-0.2, -0.15) is 0 Å². The van der Waals surface area contributed by atoms with Gasteiger partial charge in [-0.15, -0.1) is 0 Å². The molecule has 1 aliphatic rings. The van der Waals surface area contributed by atoms with Crippen LogP contribution in [0.15, 0.2) is 54.6 Å². The van der Waals surface area contributed by atoms with Gasteiger partial charge in [0.2, 0.25) is 5.91 Å². The Kier molecular flexibility index (Phi) is 7.40. The van der Waals surface area contributed by atoms with E-state index >= 15 is 0 Å². The van der Waals surface area contributed by atoms with Gasteiger partial charge in [0.05, 0.1) is 0 Å². The molecule has 3 rings (SSSR count). The summed E-state index contributed by atoms with van der Waals surface area (Å²) >= 11 is 0. The lowest BCUT2D eigenvalue weighted by Crippen LogP contribution is -2.36. The summed E-state index contributed by atoms with van der Waals surface area (Å²) in [5, 5.41) is 3.02. The van der Waals surface area contributed by atoms with Crippen LogP contribution in [-0.4, -0.2) is 16.7 Å². The maximum atomic E-state index is 12.6. The van der Waals surface area contributed by atoms with E-state index in [1.54, 1.807) is 0 Å². The van der Waals surface area contributed by atoms with Gasteiger partial charge in [0.1, 0.15) is 0 Å². The highest BCUT2D eigenvalue weighted by Crippen LogP contribution is 2.38. The number of carbonyl (C=O) groups is 1. The van der Waals surface area contributed by atoms with Crippen molar-refractivity contribution in [1.29, 1.82) is 0 Å². The molecule has 1 saturated carbocycles. The van der Waals surface area contributed by atoms with Gasteiger partial charge in [0.15, 0.2) is 0 Å². The van der Waals surface area contributed by atoms with Gasteiger partial charge in [0.25, 0.3) is 0 Å². The Hall–Kier alpha value is -1.98. The number of hydrogen-bond acceptors (Lipinski definition) is 3. The fourth-order valence-electron chi connectivity index (χ4n) is 4.04. The third-order valence-electron chi connectivity index (χ3n) is 5.59. The van der Waals surface area contributed by atoms with E-state index < -0.39 is 10.8 Å². The molecule has 0 aliphatic heterocycles. The second kappa shape index (κ2) is 9.99. The van der Waals surface area contributed by atoms with E-state index in [2.05, 4.69) is 5.32 Å². The first-order chi connectivity index (χ1) is 13.6. The van der Waals surface area contributed by atoms with Crippen molar-refractivity contribution in [3.63, 3.8) is 0 Å². The lowest BCUT2D eigenvalue weighted by atomic mass is 9.71. The molecular formula is C23H30N2O2S. The zero-order valence-corrected chi connectivity index (χ0v) is 17.2. The average molecular weight is 399 g/mol. The fraction of sp³-hybridized carbons (Fsp3) is 0.435. The molecule has 0 heterocycles. The minimum absolute atomic E-state index is 0.0231. The van der Waals surface area contributed by atoms with E-state index in [0.717, 1.165) is 42.5 Å². The molecule has 0 radical (unpaired) electrons. The van der Waals surface area contributed by atoms with Gasteiger partial charge in [-0.25, -0.2) is 0 Å². The summed E-state index contributed by atoms with van der Waals surface area (Å²) in [7, 11) is -0.986. The van der Waals surface area contributed by atoms with Crippen molar-refractivity contribution in [2.24, 2.45) is 11.1 Å². The molecule has 2 aromatic carbocycles. The third-order valence-corrected chi connectivity index (χ3v) is 6.90. The van der Waals surface area contributed by atoms with E-state index in [1.165, 1.54) is 6.42 Å². The molecule has 0 bridgehead atoms. The highest BCUT2D eigenvalue weighted by atomic mass is 32.2. The summed E-state index contributed by atoms with van der Waals surface area (Å²) in [6.45, 7) is 0.568. The number of benzene rings is 2. The SMILES string of the molecule is NCC1(CC(=O)Nc2cccc(CS(=O)Cc3ccccc3)c2)CCCCC1. The number of hydrogen-bond donors (Lipinski definition) is 2. The fourth-order valence-corrected chi connectivity index (χ4v) is 5.25. The van der Waals surface area contributed by atoms with Crippen LogP contribution in [0.3, 0.4) is 0 Å². The van der Waals surface area contributed by atoms with Crippen molar-refractivity contribution in [2.45, 2.75) is 50.0 Å². The number of nitrogens with two attached hydrogens (primary N) is 1. The normalized spacial score (nSPS) is 17.0. The predicted octanol–water partition coefficient (Wildman–Crippen LogP) is 4.37. The Morgan fingerprint density at radius 3 is 2.36 bits per heavy atom. The van der Waals surface area contributed by atoms with Gasteiger partial charge in [0, 0.05) is 34.4 Å². The number of nitrogens with one attached hydrogen (secondary N) is 1. The maximum absolute atomic E-state index is 12.6. The topological polar surface area (TPSA) is 72.2 Å². The summed E-state index contributed by atoms with van der Waals surface area (Å²) < 4.78 is 12.5. The van der Waals surface area contributed by atoms with Crippen molar-refractivity contribution < 1.29 is 9.00 Å². The molecule has 4 nitrogen and oxygen atoms in total. The van der Waals surface area contributed by atoms with E-state index in [4.69, 9.17) is 5.73 Å². The number of rotatable bonds is 8. The number of anilines is 1. The molecule has 150 valence electrons. The Balaban J connectivity index is 1.56. The Bertz CT molecular complexity index is 801. The van der Waals surface area contributed by atoms with Crippen LogP contribution in [0.1, 0.15) is 49.7 Å². The van der Waals surface area contributed by atoms with Crippen LogP contribution in [0.4, 0.5) is 5.69 Å². The second-order valence-electron chi connectivity index (χ2n) is 7.90. The summed E-state index contributed by atoms with van der Waals surface area (Å²) in [5.41, 5.74) is 8.77. The van der Waals surface area contributed by atoms with Crippen LogP contribution in [0, 0.1) is 5.41 Å². The maximum Gasteiger partial charge on any atom is 0.224 e. The van der Waals surface area contributed by atoms with Crippen LogP contribution in [0.2, 0.25) is 0 Å². The number of carbonyl (C=O) groups excluding carboxylic acids is 1. The standard InChI is InChI=1S/C23H30N2O2S/c24-18-23(12-5-2-6-13-23)15-22(26)25-21-11-7-10-20(14-21)17-28(27)16-19-8-3-1-4-9-19/h1,3-4,7-11,14H,2,5-6,12-13,15-18,24H2,(H,25,26). The quantitative estimate of drug-likeness (QED) is 0.693. The first-order valence-electron chi connectivity index (χ1n) is 10.1. The molecule has 1 aliphatic carbocycles. The first-order valence-corrected chi connectivity index (χ1v) is 11.6. The van der Waals surface area contributed by atoms with E-state index in [9.17, 15) is 9.00 Å². The minimum Gasteiger partial charge on any atom is -0.330 e. The minimum atomic E-state index is -0.986. The smallest absolute Gasteiger partial charge is 0.224 e. The summed E-state index contributed by atoms with van der Waals surface area (Å²) in [6.07, 6.45) is 6.12. The molecule has 1 atom stereocenters. The van der Waals surface area contributed by atoms with E-state index in [-0.39, 0.29) is 11.3 Å². The zero-order chi connectivity index (χ0) is 19.8. The van der Waals surface area contributed by atoms with Crippen LogP contribution < -0.4 is 11.1 Å². The predicted molar refractivity (Wildman–Crippen MR) is 116 cm³/mol. The Morgan fingerprint density at radius 1 is 0.964 bits per heavy atom. The first kappa shape index (κ1) is 20.7. The van der Waals surface area contributed by atoms with Crippen LogP contribution in [-0.2, 0) is 27.1 Å². The molecule has 28 heavy (non-hydrogen) atoms. The molecule has 1 unspecified atom stereocenters. The highest BCUT2D eigenvalue weighted by molar-refractivity contribution is 7.83. The van der Waals surface area contributed by atoms with Gasteiger partial charge in [-0.1, -0.05) is 61.7 Å². The van der Waals surface area contributed by atoms with Crippen molar-refractivity contribution in [3.8, 4) is 0 Å². The molecule has 1 fully saturated rings. The molecule has 1 amide bonds. The second-order valence-corrected chi connectivity index (χ2v) is 9.36. The molecule has 3 N–H and O–H groups in total. The lowest BCUT2D eigenvalue weighted by Gasteiger charge is -2.35.